The molecule has 1 aliphatic rings. The molecular weight excluding hydrogens is 266 g/mol. The van der Waals surface area contributed by atoms with Gasteiger partial charge in [0.25, 0.3) is 0 Å². The Hall–Kier alpha value is -1.11. The number of rotatable bonds is 5. The molecule has 5 nitrogen and oxygen atoms in total. The first-order chi connectivity index (χ1) is 8.96. The number of aliphatic hydroxyl groups is 1. The average molecular weight is 285 g/mol. The maximum Gasteiger partial charge on any atom is 0.244 e. The molecule has 1 aliphatic carbocycles. The largest absolute Gasteiger partial charge is 0.495 e. The Morgan fingerprint density at radius 2 is 2.11 bits per heavy atom. The van der Waals surface area contributed by atoms with Crippen LogP contribution in [0.4, 0.5) is 0 Å². The summed E-state index contributed by atoms with van der Waals surface area (Å²) in [4.78, 5) is 0.117. The normalized spacial score (nSPS) is 22.9. The molecule has 6 heteroatoms. The van der Waals surface area contributed by atoms with Crippen molar-refractivity contribution < 1.29 is 18.3 Å². The Kier molecular flexibility index (Phi) is 4.13. The van der Waals surface area contributed by atoms with E-state index in [0.717, 1.165) is 12.8 Å². The van der Waals surface area contributed by atoms with Gasteiger partial charge in [-0.25, -0.2) is 13.1 Å². The minimum atomic E-state index is -3.57. The van der Waals surface area contributed by atoms with Crippen LogP contribution in [0.1, 0.15) is 25.3 Å². The molecular formula is C13H19NO4S. The van der Waals surface area contributed by atoms with E-state index in [1.807, 2.05) is 0 Å². The van der Waals surface area contributed by atoms with Gasteiger partial charge in [0.2, 0.25) is 10.0 Å². The molecule has 0 radical (unpaired) electrons. The zero-order valence-electron chi connectivity index (χ0n) is 11.1. The number of methoxy groups -OCH3 is 1. The Bertz CT molecular complexity index is 550. The highest BCUT2D eigenvalue weighted by Gasteiger charge is 2.31. The van der Waals surface area contributed by atoms with Crippen molar-refractivity contribution in [3.05, 3.63) is 23.8 Å². The smallest absolute Gasteiger partial charge is 0.244 e. The van der Waals surface area contributed by atoms with Crippen LogP contribution in [0.25, 0.3) is 0 Å². The highest BCUT2D eigenvalue weighted by atomic mass is 32.2. The number of aliphatic hydroxyl groups excluding tert-OH is 1. The van der Waals surface area contributed by atoms with Crippen molar-refractivity contribution in [3.8, 4) is 5.75 Å². The lowest BCUT2D eigenvalue weighted by atomic mass is 9.83. The lowest BCUT2D eigenvalue weighted by molar-refractivity contribution is 0.270. The Labute approximate surface area is 113 Å². The van der Waals surface area contributed by atoms with Crippen LogP contribution in [0.5, 0.6) is 5.75 Å². The van der Waals surface area contributed by atoms with E-state index < -0.39 is 10.0 Å². The van der Waals surface area contributed by atoms with E-state index in [1.165, 1.54) is 19.2 Å². The summed E-state index contributed by atoms with van der Waals surface area (Å²) < 4.78 is 32.3. The summed E-state index contributed by atoms with van der Waals surface area (Å²) >= 11 is 0. The van der Waals surface area contributed by atoms with E-state index in [2.05, 4.69) is 11.6 Å². The van der Waals surface area contributed by atoms with E-state index in [1.54, 1.807) is 6.07 Å². The summed E-state index contributed by atoms with van der Waals surface area (Å²) in [6.07, 6.45) is 1.74. The van der Waals surface area contributed by atoms with Crippen LogP contribution in [0, 0.1) is 5.92 Å². The average Bonchev–Trinajstić information content (AvgIpc) is 2.35. The topological polar surface area (TPSA) is 75.6 Å². The predicted octanol–water partition coefficient (Wildman–Crippen LogP) is 1.26. The monoisotopic (exact) mass is 285 g/mol. The van der Waals surface area contributed by atoms with Gasteiger partial charge in [-0.15, -0.1) is 0 Å². The van der Waals surface area contributed by atoms with Gasteiger partial charge in [-0.3, -0.25) is 0 Å². The first-order valence-corrected chi connectivity index (χ1v) is 7.74. The van der Waals surface area contributed by atoms with Crippen LogP contribution in [0.3, 0.4) is 0 Å². The molecule has 0 amide bonds. The van der Waals surface area contributed by atoms with E-state index in [9.17, 15) is 8.42 Å². The third-order valence-electron chi connectivity index (χ3n) is 3.40. The third-order valence-corrected chi connectivity index (χ3v) is 4.96. The third kappa shape index (κ3) is 3.08. The van der Waals surface area contributed by atoms with Gasteiger partial charge in [0, 0.05) is 6.04 Å². The number of hydrogen-bond acceptors (Lipinski definition) is 4. The van der Waals surface area contributed by atoms with Gasteiger partial charge < -0.3 is 9.84 Å². The van der Waals surface area contributed by atoms with E-state index in [0.29, 0.717) is 11.5 Å². The second-order valence-electron chi connectivity index (χ2n) is 5.04. The van der Waals surface area contributed by atoms with Crippen molar-refractivity contribution in [2.75, 3.05) is 7.11 Å². The van der Waals surface area contributed by atoms with Crippen LogP contribution in [0.2, 0.25) is 0 Å². The number of benzene rings is 1. The first-order valence-electron chi connectivity index (χ1n) is 6.26. The minimum Gasteiger partial charge on any atom is -0.495 e. The zero-order chi connectivity index (χ0) is 14.0. The minimum absolute atomic E-state index is 0.0159. The van der Waals surface area contributed by atoms with Gasteiger partial charge in [0.1, 0.15) is 10.6 Å². The molecule has 0 aromatic heterocycles. The Balaban J connectivity index is 2.24. The fraction of sp³-hybridized carbons (Fsp3) is 0.538. The highest BCUT2D eigenvalue weighted by Crippen LogP contribution is 2.30. The molecule has 1 fully saturated rings. The fourth-order valence-corrected chi connectivity index (χ4v) is 3.73. The van der Waals surface area contributed by atoms with Crippen LogP contribution in [-0.2, 0) is 16.6 Å². The SMILES string of the molecule is COc1cc(CO)ccc1S(=O)(=O)NC1CC(C)C1. The molecule has 1 saturated carbocycles. The molecule has 1 aromatic carbocycles. The lowest BCUT2D eigenvalue weighted by Crippen LogP contribution is -2.43. The van der Waals surface area contributed by atoms with Gasteiger partial charge >= 0.3 is 0 Å². The molecule has 0 spiro atoms. The number of nitrogens with one attached hydrogen (secondary N) is 1. The molecule has 1 aromatic rings. The number of hydrogen-bond donors (Lipinski definition) is 2. The summed E-state index contributed by atoms with van der Waals surface area (Å²) in [5.74, 6) is 0.831. The van der Waals surface area contributed by atoms with Crippen molar-refractivity contribution in [2.24, 2.45) is 5.92 Å². The Morgan fingerprint density at radius 1 is 1.42 bits per heavy atom. The zero-order valence-corrected chi connectivity index (χ0v) is 11.9. The molecule has 0 bridgehead atoms. The number of sulfonamides is 1. The molecule has 0 atom stereocenters. The van der Waals surface area contributed by atoms with Crippen LogP contribution in [-0.4, -0.2) is 26.7 Å². The quantitative estimate of drug-likeness (QED) is 0.854. The summed E-state index contributed by atoms with van der Waals surface area (Å²) in [5, 5.41) is 9.05. The van der Waals surface area contributed by atoms with Crippen molar-refractivity contribution in [2.45, 2.75) is 37.3 Å². The summed E-state index contributed by atoms with van der Waals surface area (Å²) in [7, 11) is -2.15. The molecule has 0 unspecified atom stereocenters. The van der Waals surface area contributed by atoms with Crippen molar-refractivity contribution in [1.29, 1.82) is 0 Å². The molecule has 2 rings (SSSR count). The van der Waals surface area contributed by atoms with Crippen molar-refractivity contribution in [1.82, 2.24) is 4.72 Å². The van der Waals surface area contributed by atoms with Gasteiger partial charge in [0.05, 0.1) is 13.7 Å². The molecule has 0 aliphatic heterocycles. The fourth-order valence-electron chi connectivity index (χ4n) is 2.31. The van der Waals surface area contributed by atoms with Crippen molar-refractivity contribution >= 4 is 10.0 Å². The van der Waals surface area contributed by atoms with E-state index >= 15 is 0 Å². The maximum atomic E-state index is 12.3. The molecule has 0 heterocycles. The molecule has 0 saturated heterocycles. The lowest BCUT2D eigenvalue weighted by Gasteiger charge is -2.33. The molecule has 2 N–H and O–H groups in total. The van der Waals surface area contributed by atoms with Gasteiger partial charge in [-0.2, -0.15) is 0 Å². The van der Waals surface area contributed by atoms with E-state index in [4.69, 9.17) is 9.84 Å². The maximum absolute atomic E-state index is 12.3. The van der Waals surface area contributed by atoms with E-state index in [-0.39, 0.29) is 23.3 Å². The predicted molar refractivity (Wildman–Crippen MR) is 71.4 cm³/mol. The van der Waals surface area contributed by atoms with Gasteiger partial charge in [0.15, 0.2) is 0 Å². The molecule has 19 heavy (non-hydrogen) atoms. The Morgan fingerprint density at radius 3 is 2.63 bits per heavy atom. The van der Waals surface area contributed by atoms with Crippen molar-refractivity contribution in [3.63, 3.8) is 0 Å². The highest BCUT2D eigenvalue weighted by molar-refractivity contribution is 7.89. The van der Waals surface area contributed by atoms with Gasteiger partial charge in [-0.05, 0) is 36.5 Å². The second-order valence-corrected chi connectivity index (χ2v) is 6.72. The molecule has 106 valence electrons. The second kappa shape index (κ2) is 5.48. The summed E-state index contributed by atoms with van der Waals surface area (Å²) in [5.41, 5.74) is 0.619. The summed E-state index contributed by atoms with van der Waals surface area (Å²) in [6, 6.07) is 4.61. The first kappa shape index (κ1) is 14.3. The standard InChI is InChI=1S/C13H19NO4S/c1-9-5-11(6-9)14-19(16,17)13-4-3-10(8-15)7-12(13)18-2/h3-4,7,9,11,14-15H,5-6,8H2,1-2H3. The van der Waals surface area contributed by atoms with Crippen LogP contribution < -0.4 is 9.46 Å². The van der Waals surface area contributed by atoms with Crippen LogP contribution >= 0.6 is 0 Å². The van der Waals surface area contributed by atoms with Crippen LogP contribution in [0.15, 0.2) is 23.1 Å². The summed E-state index contributed by atoms with van der Waals surface area (Å²) in [6.45, 7) is 1.95. The number of ether oxygens (including phenoxy) is 1. The van der Waals surface area contributed by atoms with Gasteiger partial charge in [-0.1, -0.05) is 13.0 Å².